The molecular formula is C15H20O3. The zero-order valence-corrected chi connectivity index (χ0v) is 10.8. The van der Waals surface area contributed by atoms with Crippen LogP contribution in [0.4, 0.5) is 0 Å². The van der Waals surface area contributed by atoms with Crippen LogP contribution in [0.3, 0.4) is 0 Å². The Morgan fingerprint density at radius 1 is 1.28 bits per heavy atom. The highest BCUT2D eigenvalue weighted by Crippen LogP contribution is 2.13. The summed E-state index contributed by atoms with van der Waals surface area (Å²) in [6.07, 6.45) is 4.22. The molecule has 3 nitrogen and oxygen atoms in total. The number of unbranched alkanes of at least 4 members (excludes halogenated alkanes) is 3. The van der Waals surface area contributed by atoms with Crippen molar-refractivity contribution in [2.75, 3.05) is 0 Å². The maximum atomic E-state index is 12.0. The Morgan fingerprint density at radius 3 is 2.67 bits per heavy atom. The molecule has 1 rings (SSSR count). The lowest BCUT2D eigenvalue weighted by Crippen LogP contribution is -2.21. The van der Waals surface area contributed by atoms with Crippen molar-refractivity contribution in [2.24, 2.45) is 0 Å². The zero-order chi connectivity index (χ0) is 13.4. The summed E-state index contributed by atoms with van der Waals surface area (Å²) in [5, 5.41) is 9.82. The molecule has 1 N–H and O–H groups in total. The van der Waals surface area contributed by atoms with Gasteiger partial charge < -0.3 is 5.11 Å². The largest absolute Gasteiger partial charge is 0.385 e. The number of rotatable bonds is 8. The second kappa shape index (κ2) is 7.77. The number of ketones is 1. The molecule has 98 valence electrons. The van der Waals surface area contributed by atoms with Gasteiger partial charge in [0.25, 0.3) is 0 Å². The average molecular weight is 248 g/mol. The molecule has 18 heavy (non-hydrogen) atoms. The first-order valence-corrected chi connectivity index (χ1v) is 6.47. The summed E-state index contributed by atoms with van der Waals surface area (Å²) in [6.45, 7) is 2.11. The Bertz CT molecular complexity index is 398. The van der Waals surface area contributed by atoms with Crippen molar-refractivity contribution in [1.82, 2.24) is 0 Å². The van der Waals surface area contributed by atoms with E-state index in [-0.39, 0.29) is 5.78 Å². The predicted molar refractivity (Wildman–Crippen MR) is 70.9 cm³/mol. The monoisotopic (exact) mass is 248 g/mol. The summed E-state index contributed by atoms with van der Waals surface area (Å²) in [4.78, 5) is 22.8. The van der Waals surface area contributed by atoms with Gasteiger partial charge in [-0.15, -0.1) is 0 Å². The number of carbonyl (C=O) groups is 2. The number of carbonyl (C=O) groups excluding carboxylic acids is 2. The normalized spacial score (nSPS) is 12.1. The third-order valence-corrected chi connectivity index (χ3v) is 2.99. The van der Waals surface area contributed by atoms with Crippen LogP contribution < -0.4 is 0 Å². The third-order valence-electron chi connectivity index (χ3n) is 2.99. The Balaban J connectivity index is 2.60. The standard InChI is InChI=1S/C15H20O3/c1-2-3-4-5-10-14(17)15(18)13-9-7-6-8-12(13)11-16/h6-9,11,14,17H,2-5,10H2,1H3. The van der Waals surface area contributed by atoms with E-state index >= 15 is 0 Å². The van der Waals surface area contributed by atoms with E-state index in [4.69, 9.17) is 0 Å². The first kappa shape index (κ1) is 14.6. The second-order valence-electron chi connectivity index (χ2n) is 4.43. The van der Waals surface area contributed by atoms with Gasteiger partial charge >= 0.3 is 0 Å². The van der Waals surface area contributed by atoms with Crippen LogP contribution in [0.5, 0.6) is 0 Å². The van der Waals surface area contributed by atoms with E-state index < -0.39 is 6.10 Å². The van der Waals surface area contributed by atoms with Gasteiger partial charge in [-0.2, -0.15) is 0 Å². The van der Waals surface area contributed by atoms with Gasteiger partial charge in [-0.1, -0.05) is 56.9 Å². The first-order valence-electron chi connectivity index (χ1n) is 6.47. The van der Waals surface area contributed by atoms with Crippen LogP contribution >= 0.6 is 0 Å². The van der Waals surface area contributed by atoms with E-state index in [0.29, 0.717) is 23.8 Å². The fourth-order valence-electron chi connectivity index (χ4n) is 1.90. The van der Waals surface area contributed by atoms with Crippen LogP contribution in [0.15, 0.2) is 24.3 Å². The van der Waals surface area contributed by atoms with Gasteiger partial charge in [-0.05, 0) is 6.42 Å². The molecule has 0 heterocycles. The van der Waals surface area contributed by atoms with E-state index in [9.17, 15) is 14.7 Å². The molecule has 0 aliphatic rings. The van der Waals surface area contributed by atoms with Gasteiger partial charge in [-0.25, -0.2) is 0 Å². The molecule has 1 atom stereocenters. The average Bonchev–Trinajstić information content (AvgIpc) is 2.42. The van der Waals surface area contributed by atoms with Crippen molar-refractivity contribution in [1.29, 1.82) is 0 Å². The molecule has 0 saturated carbocycles. The predicted octanol–water partition coefficient (Wildman–Crippen LogP) is 3.01. The summed E-state index contributed by atoms with van der Waals surface area (Å²) in [7, 11) is 0. The molecule has 1 aromatic carbocycles. The lowest BCUT2D eigenvalue weighted by Gasteiger charge is -2.10. The first-order chi connectivity index (χ1) is 8.70. The van der Waals surface area contributed by atoms with Crippen molar-refractivity contribution < 1.29 is 14.7 Å². The van der Waals surface area contributed by atoms with Crippen molar-refractivity contribution in [3.05, 3.63) is 35.4 Å². The number of aliphatic hydroxyl groups excluding tert-OH is 1. The summed E-state index contributed by atoms with van der Waals surface area (Å²) < 4.78 is 0. The van der Waals surface area contributed by atoms with Crippen molar-refractivity contribution in [2.45, 2.75) is 45.1 Å². The van der Waals surface area contributed by atoms with Crippen LogP contribution in [0.25, 0.3) is 0 Å². The molecule has 1 aromatic rings. The fourth-order valence-corrected chi connectivity index (χ4v) is 1.90. The van der Waals surface area contributed by atoms with Crippen molar-refractivity contribution >= 4 is 12.1 Å². The van der Waals surface area contributed by atoms with Crippen LogP contribution in [0, 0.1) is 0 Å². The minimum Gasteiger partial charge on any atom is -0.385 e. The van der Waals surface area contributed by atoms with Crippen LogP contribution in [-0.2, 0) is 0 Å². The summed E-state index contributed by atoms with van der Waals surface area (Å²) >= 11 is 0. The molecule has 0 bridgehead atoms. The van der Waals surface area contributed by atoms with Gasteiger partial charge in [0.15, 0.2) is 12.1 Å². The van der Waals surface area contributed by atoms with Crippen LogP contribution in [-0.4, -0.2) is 23.3 Å². The maximum absolute atomic E-state index is 12.0. The Kier molecular flexibility index (Phi) is 6.29. The van der Waals surface area contributed by atoms with Gasteiger partial charge in [0.05, 0.1) is 0 Å². The molecular weight excluding hydrogens is 228 g/mol. The zero-order valence-electron chi connectivity index (χ0n) is 10.8. The molecule has 0 aliphatic heterocycles. The van der Waals surface area contributed by atoms with E-state index in [2.05, 4.69) is 6.92 Å². The molecule has 0 amide bonds. The number of hydrogen-bond acceptors (Lipinski definition) is 3. The Labute approximate surface area is 108 Å². The van der Waals surface area contributed by atoms with Gasteiger partial charge in [0, 0.05) is 11.1 Å². The van der Waals surface area contributed by atoms with E-state index in [1.165, 1.54) is 0 Å². The highest BCUT2D eigenvalue weighted by Gasteiger charge is 2.18. The smallest absolute Gasteiger partial charge is 0.191 e. The molecule has 0 spiro atoms. The number of benzene rings is 1. The van der Waals surface area contributed by atoms with E-state index in [1.54, 1.807) is 24.3 Å². The van der Waals surface area contributed by atoms with Crippen LogP contribution in [0.1, 0.15) is 59.7 Å². The molecule has 0 aromatic heterocycles. The van der Waals surface area contributed by atoms with Crippen LogP contribution in [0.2, 0.25) is 0 Å². The van der Waals surface area contributed by atoms with Gasteiger partial charge in [0.1, 0.15) is 6.10 Å². The number of aldehydes is 1. The molecule has 0 aliphatic carbocycles. The summed E-state index contributed by atoms with van der Waals surface area (Å²) in [5.41, 5.74) is 0.658. The molecule has 0 saturated heterocycles. The second-order valence-corrected chi connectivity index (χ2v) is 4.43. The number of hydrogen-bond donors (Lipinski definition) is 1. The van der Waals surface area contributed by atoms with Crippen molar-refractivity contribution in [3.63, 3.8) is 0 Å². The van der Waals surface area contributed by atoms with E-state index in [1.807, 2.05) is 0 Å². The Morgan fingerprint density at radius 2 is 2.00 bits per heavy atom. The van der Waals surface area contributed by atoms with Gasteiger partial charge in [-0.3, -0.25) is 9.59 Å². The topological polar surface area (TPSA) is 54.4 Å². The molecule has 0 fully saturated rings. The number of aliphatic hydroxyl groups is 1. The minimum absolute atomic E-state index is 0.315. The lowest BCUT2D eigenvalue weighted by atomic mass is 9.97. The highest BCUT2D eigenvalue weighted by molar-refractivity contribution is 6.05. The SMILES string of the molecule is CCCCCCC(O)C(=O)c1ccccc1C=O. The van der Waals surface area contributed by atoms with Crippen molar-refractivity contribution in [3.8, 4) is 0 Å². The summed E-state index contributed by atoms with van der Waals surface area (Å²) in [6, 6.07) is 6.57. The summed E-state index contributed by atoms with van der Waals surface area (Å²) in [5.74, 6) is -0.353. The minimum atomic E-state index is -0.997. The maximum Gasteiger partial charge on any atom is 0.191 e. The molecule has 1 unspecified atom stereocenters. The lowest BCUT2D eigenvalue weighted by molar-refractivity contribution is 0.0723. The number of Topliss-reactive ketones (excluding diaryl/α,β-unsaturated/α-hetero) is 1. The fraction of sp³-hybridized carbons (Fsp3) is 0.467. The molecule has 3 heteroatoms. The van der Waals surface area contributed by atoms with Gasteiger partial charge in [0.2, 0.25) is 0 Å². The molecule has 0 radical (unpaired) electrons. The highest BCUT2D eigenvalue weighted by atomic mass is 16.3. The van der Waals surface area contributed by atoms with E-state index in [0.717, 1.165) is 25.7 Å². The third kappa shape index (κ3) is 4.08. The quantitative estimate of drug-likeness (QED) is 0.437. The Hall–Kier alpha value is -1.48.